The van der Waals surface area contributed by atoms with Crippen molar-refractivity contribution in [3.8, 4) is 0 Å². The highest BCUT2D eigenvalue weighted by Gasteiger charge is 2.64. The van der Waals surface area contributed by atoms with Crippen molar-refractivity contribution in [2.45, 2.75) is 61.1 Å². The highest BCUT2D eigenvalue weighted by Crippen LogP contribution is 2.64. The Kier molecular flexibility index (Phi) is 7.79. The Morgan fingerprint density at radius 1 is 0.861 bits per heavy atom. The molecule has 5 rings (SSSR count). The second kappa shape index (κ2) is 10.5. The van der Waals surface area contributed by atoms with Crippen LogP contribution in [0.1, 0.15) is 45.6 Å². The summed E-state index contributed by atoms with van der Waals surface area (Å²) in [5, 5.41) is 0. The molecule has 2 fully saturated rings. The Hall–Kier alpha value is -2.41. The topological polar surface area (TPSA) is 74.3 Å². The van der Waals surface area contributed by atoms with Crippen LogP contribution in [0, 0.1) is 16.7 Å². The van der Waals surface area contributed by atoms with Gasteiger partial charge in [0.15, 0.2) is 14.7 Å². The lowest BCUT2D eigenvalue weighted by atomic mass is 9.70. The highest BCUT2D eigenvalue weighted by atomic mass is 32.2. The summed E-state index contributed by atoms with van der Waals surface area (Å²) >= 11 is 0. The standard InChI is InChI=1S/C20H19S.C10H16O4S/c1-2-17-13-15-20(16-14-17)21(18-9-5-3-6-10-18)19-11-7-4-8-12-19;1-9(2)7-3-4-10(9,8(11)5-7)6-15(12,13)14/h3-16H,2H2,1H3;7H,3-6H2,1-2H3,(H,12,13,14)/q+1;/p-1. The van der Waals surface area contributed by atoms with E-state index in [-0.39, 0.29) is 28.0 Å². The van der Waals surface area contributed by atoms with Gasteiger partial charge >= 0.3 is 0 Å². The molecule has 2 aliphatic rings. The van der Waals surface area contributed by atoms with Gasteiger partial charge < -0.3 is 4.55 Å². The first-order chi connectivity index (χ1) is 17.1. The molecule has 0 N–H and O–H groups in total. The summed E-state index contributed by atoms with van der Waals surface area (Å²) in [6, 6.07) is 30.6. The molecule has 2 saturated carbocycles. The van der Waals surface area contributed by atoms with E-state index in [0.29, 0.717) is 12.8 Å². The molecule has 4 nitrogen and oxygen atoms in total. The number of carbonyl (C=O) groups is 1. The number of hydrogen-bond acceptors (Lipinski definition) is 4. The fraction of sp³-hybridized carbons (Fsp3) is 0.367. The molecule has 0 radical (unpaired) electrons. The molecule has 2 bridgehead atoms. The van der Waals surface area contributed by atoms with Crippen LogP contribution in [0.2, 0.25) is 0 Å². The molecule has 2 atom stereocenters. The van der Waals surface area contributed by atoms with Crippen LogP contribution in [0.25, 0.3) is 0 Å². The lowest BCUT2D eigenvalue weighted by Crippen LogP contribution is -2.42. The molecular formula is C30H34O4S2. The molecule has 0 aromatic heterocycles. The lowest BCUT2D eigenvalue weighted by Gasteiger charge is -2.37. The molecule has 0 aliphatic heterocycles. The minimum atomic E-state index is -4.33. The zero-order valence-corrected chi connectivity index (χ0v) is 22.8. The number of carbonyl (C=O) groups excluding carboxylic acids is 1. The van der Waals surface area contributed by atoms with Gasteiger partial charge in [-0.3, -0.25) is 4.79 Å². The summed E-state index contributed by atoms with van der Waals surface area (Å²) in [5.41, 5.74) is 0.170. The third-order valence-corrected chi connectivity index (χ3v) is 11.2. The van der Waals surface area contributed by atoms with Gasteiger partial charge in [-0.2, -0.15) is 0 Å². The van der Waals surface area contributed by atoms with Gasteiger partial charge in [-0.05, 0) is 72.6 Å². The van der Waals surface area contributed by atoms with Crippen molar-refractivity contribution in [2.24, 2.45) is 16.7 Å². The summed E-state index contributed by atoms with van der Waals surface area (Å²) < 4.78 is 32.7. The molecule has 2 unspecified atom stereocenters. The van der Waals surface area contributed by atoms with E-state index in [1.165, 1.54) is 20.2 Å². The van der Waals surface area contributed by atoms with E-state index in [0.717, 1.165) is 12.8 Å². The zero-order valence-electron chi connectivity index (χ0n) is 21.1. The monoisotopic (exact) mass is 522 g/mol. The number of fused-ring (bicyclic) bond motifs is 2. The Morgan fingerprint density at radius 3 is 1.75 bits per heavy atom. The summed E-state index contributed by atoms with van der Waals surface area (Å²) in [6.07, 6.45) is 2.96. The minimum absolute atomic E-state index is 0.0248. The van der Waals surface area contributed by atoms with E-state index in [1.54, 1.807) is 0 Å². The van der Waals surface area contributed by atoms with E-state index in [2.05, 4.69) is 91.9 Å². The van der Waals surface area contributed by atoms with Gasteiger partial charge in [0.05, 0.1) is 26.8 Å². The number of rotatable bonds is 6. The molecule has 3 aromatic rings. The van der Waals surface area contributed by atoms with Gasteiger partial charge in [0.25, 0.3) is 0 Å². The van der Waals surface area contributed by atoms with E-state index >= 15 is 0 Å². The summed E-state index contributed by atoms with van der Waals surface area (Å²) in [5.74, 6) is -0.280. The van der Waals surface area contributed by atoms with E-state index in [1.807, 2.05) is 13.8 Å². The second-order valence-corrected chi connectivity index (χ2v) is 13.7. The molecular weight excluding hydrogens is 488 g/mol. The first-order valence-electron chi connectivity index (χ1n) is 12.5. The maximum Gasteiger partial charge on any atom is 0.166 e. The van der Waals surface area contributed by atoms with Crippen molar-refractivity contribution in [3.05, 3.63) is 90.5 Å². The Morgan fingerprint density at radius 2 is 1.36 bits per heavy atom. The van der Waals surface area contributed by atoms with Gasteiger partial charge in [0, 0.05) is 11.8 Å². The van der Waals surface area contributed by atoms with Crippen LogP contribution in [-0.2, 0) is 32.2 Å². The van der Waals surface area contributed by atoms with Crippen LogP contribution < -0.4 is 0 Å². The minimum Gasteiger partial charge on any atom is -0.748 e. The third-order valence-electron chi connectivity index (χ3n) is 8.09. The molecule has 0 saturated heterocycles. The molecule has 190 valence electrons. The molecule has 2 aliphatic carbocycles. The average molecular weight is 523 g/mol. The van der Waals surface area contributed by atoms with E-state index in [9.17, 15) is 17.8 Å². The van der Waals surface area contributed by atoms with Crippen molar-refractivity contribution in [2.75, 3.05) is 5.75 Å². The molecule has 3 aromatic carbocycles. The molecule has 6 heteroatoms. The summed E-state index contributed by atoms with van der Waals surface area (Å²) in [7, 11) is -4.35. The van der Waals surface area contributed by atoms with Crippen LogP contribution in [0.5, 0.6) is 0 Å². The Bertz CT molecular complexity index is 1250. The lowest BCUT2D eigenvalue weighted by molar-refractivity contribution is -0.128. The normalized spacial score (nSPS) is 22.4. The van der Waals surface area contributed by atoms with Crippen molar-refractivity contribution in [1.29, 1.82) is 0 Å². The molecule has 0 amide bonds. The predicted molar refractivity (Wildman–Crippen MR) is 144 cm³/mol. The summed E-state index contributed by atoms with van der Waals surface area (Å²) in [4.78, 5) is 16.0. The fourth-order valence-electron chi connectivity index (χ4n) is 5.79. The van der Waals surface area contributed by atoms with Crippen LogP contribution in [-0.4, -0.2) is 24.5 Å². The summed E-state index contributed by atoms with van der Waals surface area (Å²) in [6.45, 7) is 6.03. The predicted octanol–water partition coefficient (Wildman–Crippen LogP) is 6.27. The van der Waals surface area contributed by atoms with E-state index < -0.39 is 21.3 Å². The molecule has 0 heterocycles. The van der Waals surface area contributed by atoms with Crippen molar-refractivity contribution in [3.63, 3.8) is 0 Å². The van der Waals surface area contributed by atoms with Crippen LogP contribution in [0.4, 0.5) is 0 Å². The largest absolute Gasteiger partial charge is 0.748 e. The smallest absolute Gasteiger partial charge is 0.166 e. The van der Waals surface area contributed by atoms with Gasteiger partial charge in [-0.25, -0.2) is 8.42 Å². The maximum absolute atomic E-state index is 11.8. The van der Waals surface area contributed by atoms with Gasteiger partial charge in [-0.15, -0.1) is 0 Å². The average Bonchev–Trinajstić information content (AvgIpc) is 3.20. The van der Waals surface area contributed by atoms with Crippen molar-refractivity contribution in [1.82, 2.24) is 0 Å². The maximum atomic E-state index is 11.8. The number of hydrogen-bond donors (Lipinski definition) is 0. The van der Waals surface area contributed by atoms with Crippen LogP contribution >= 0.6 is 0 Å². The number of benzene rings is 3. The third kappa shape index (κ3) is 5.31. The second-order valence-electron chi connectivity index (χ2n) is 10.3. The Balaban J connectivity index is 0.000000179. The van der Waals surface area contributed by atoms with E-state index in [4.69, 9.17) is 0 Å². The SMILES string of the molecule is CC1(C)C2CCC1(CS(=O)(=O)[O-])C(=O)C2.CCc1ccc([S+](c2ccccc2)c2ccccc2)cc1. The van der Waals surface area contributed by atoms with Gasteiger partial charge in [0.2, 0.25) is 0 Å². The van der Waals surface area contributed by atoms with Crippen molar-refractivity contribution < 1.29 is 17.8 Å². The number of Topliss-reactive ketones (excluding diaryl/α,β-unsaturated/α-hetero) is 1. The first kappa shape index (κ1) is 26.6. The fourth-order valence-corrected chi connectivity index (χ4v) is 9.16. The van der Waals surface area contributed by atoms with Crippen LogP contribution in [0.15, 0.2) is 99.6 Å². The van der Waals surface area contributed by atoms with Gasteiger partial charge in [-0.1, -0.05) is 69.3 Å². The molecule has 36 heavy (non-hydrogen) atoms. The van der Waals surface area contributed by atoms with Gasteiger partial charge in [0.1, 0.15) is 5.78 Å². The van der Waals surface area contributed by atoms with Crippen molar-refractivity contribution >= 4 is 26.8 Å². The number of ketones is 1. The Labute approximate surface area is 218 Å². The number of aryl methyl sites for hydroxylation is 1. The van der Waals surface area contributed by atoms with Crippen LogP contribution in [0.3, 0.4) is 0 Å². The quantitative estimate of drug-likeness (QED) is 0.282. The molecule has 0 spiro atoms. The zero-order chi connectivity index (χ0) is 26.0. The first-order valence-corrected chi connectivity index (χ1v) is 15.3. The highest BCUT2D eigenvalue weighted by molar-refractivity contribution is 7.97.